The van der Waals surface area contributed by atoms with Crippen LogP contribution in [0, 0.1) is 5.82 Å². The molecular formula is C27H29FN2O2. The molecule has 0 bridgehead atoms. The Morgan fingerprint density at radius 3 is 2.78 bits per heavy atom. The van der Waals surface area contributed by atoms with Gasteiger partial charge in [-0.1, -0.05) is 36.4 Å². The molecule has 1 heterocycles. The van der Waals surface area contributed by atoms with Gasteiger partial charge in [0.25, 0.3) is 0 Å². The molecule has 0 saturated carbocycles. The maximum absolute atomic E-state index is 14.2. The average Bonchev–Trinajstić information content (AvgIpc) is 3.41. The number of aliphatic carboxylic acids is 1. The standard InChI is InChI=1S/C27H29FN2O2/c1-17(22-10-11-26(28)24-5-3-2-4-23(22)24)29-20-12-13-30(16-20)21-9-8-18-6-7-19(14-27(31)32)25(18)15-21/h2-5,8-11,15,17,19-20,29H,6-7,12-14,16H2,1H3,(H,31,32)/t17-,19-,20-/m0/s1. The molecule has 0 aromatic heterocycles. The molecule has 0 amide bonds. The fraction of sp³-hybridized carbons (Fsp3) is 0.370. The molecule has 1 fully saturated rings. The van der Waals surface area contributed by atoms with E-state index in [0.717, 1.165) is 43.3 Å². The highest BCUT2D eigenvalue weighted by Gasteiger charge is 2.28. The summed E-state index contributed by atoms with van der Waals surface area (Å²) < 4.78 is 14.2. The van der Waals surface area contributed by atoms with Crippen molar-refractivity contribution in [2.24, 2.45) is 0 Å². The van der Waals surface area contributed by atoms with E-state index in [0.29, 0.717) is 11.4 Å². The first-order valence-corrected chi connectivity index (χ1v) is 11.5. The van der Waals surface area contributed by atoms with Gasteiger partial charge in [0.1, 0.15) is 5.82 Å². The van der Waals surface area contributed by atoms with Crippen LogP contribution < -0.4 is 10.2 Å². The maximum Gasteiger partial charge on any atom is 0.303 e. The van der Waals surface area contributed by atoms with Gasteiger partial charge in [0.05, 0.1) is 6.42 Å². The van der Waals surface area contributed by atoms with Gasteiger partial charge in [-0.05, 0) is 72.4 Å². The summed E-state index contributed by atoms with van der Waals surface area (Å²) in [5.41, 5.74) is 4.82. The molecule has 3 atom stereocenters. The van der Waals surface area contributed by atoms with E-state index in [9.17, 15) is 14.3 Å². The lowest BCUT2D eigenvalue weighted by Gasteiger charge is -2.23. The second-order valence-corrected chi connectivity index (χ2v) is 9.22. The zero-order valence-corrected chi connectivity index (χ0v) is 18.4. The molecular weight excluding hydrogens is 403 g/mol. The molecule has 5 rings (SSSR count). The van der Waals surface area contributed by atoms with Crippen molar-refractivity contribution in [3.05, 3.63) is 77.1 Å². The number of carbonyl (C=O) groups is 1. The largest absolute Gasteiger partial charge is 0.481 e. The fourth-order valence-corrected chi connectivity index (χ4v) is 5.53. The Kier molecular flexibility index (Phi) is 5.60. The average molecular weight is 433 g/mol. The molecule has 2 N–H and O–H groups in total. The molecule has 1 aliphatic heterocycles. The Morgan fingerprint density at radius 2 is 1.97 bits per heavy atom. The minimum absolute atomic E-state index is 0.116. The van der Waals surface area contributed by atoms with E-state index in [1.54, 1.807) is 6.07 Å². The summed E-state index contributed by atoms with van der Waals surface area (Å²) in [5, 5.41) is 14.6. The van der Waals surface area contributed by atoms with E-state index in [4.69, 9.17) is 0 Å². The lowest BCUT2D eigenvalue weighted by Crippen LogP contribution is -2.34. The van der Waals surface area contributed by atoms with Crippen molar-refractivity contribution in [3.63, 3.8) is 0 Å². The molecule has 4 nitrogen and oxygen atoms in total. The van der Waals surface area contributed by atoms with Gasteiger partial charge < -0.3 is 15.3 Å². The number of hydrogen-bond donors (Lipinski definition) is 2. The highest BCUT2D eigenvalue weighted by Crippen LogP contribution is 2.38. The molecule has 2 aliphatic rings. The van der Waals surface area contributed by atoms with Crippen LogP contribution in [0.15, 0.2) is 54.6 Å². The molecule has 1 saturated heterocycles. The lowest BCUT2D eigenvalue weighted by molar-refractivity contribution is -0.137. The quantitative estimate of drug-likeness (QED) is 0.547. The minimum atomic E-state index is -0.721. The molecule has 0 unspecified atom stereocenters. The number of nitrogens with one attached hydrogen (secondary N) is 1. The number of nitrogens with zero attached hydrogens (tertiary/aromatic N) is 1. The number of fused-ring (bicyclic) bond motifs is 2. The molecule has 5 heteroatoms. The van der Waals surface area contributed by atoms with E-state index in [2.05, 4.69) is 35.3 Å². The fourth-order valence-electron chi connectivity index (χ4n) is 5.53. The van der Waals surface area contributed by atoms with Crippen LogP contribution in [0.2, 0.25) is 0 Å². The van der Waals surface area contributed by atoms with Gasteiger partial charge in [0, 0.05) is 36.2 Å². The predicted molar refractivity (Wildman–Crippen MR) is 126 cm³/mol. The third-order valence-corrected chi connectivity index (χ3v) is 7.16. The zero-order chi connectivity index (χ0) is 22.2. The normalized spacial score (nSPS) is 21.1. The summed E-state index contributed by atoms with van der Waals surface area (Å²) in [5.74, 6) is -0.770. The molecule has 3 aromatic carbocycles. The van der Waals surface area contributed by atoms with E-state index in [-0.39, 0.29) is 24.2 Å². The smallest absolute Gasteiger partial charge is 0.303 e. The monoisotopic (exact) mass is 432 g/mol. The van der Waals surface area contributed by atoms with E-state index in [1.165, 1.54) is 16.8 Å². The number of carboxylic acids is 1. The molecule has 32 heavy (non-hydrogen) atoms. The van der Waals surface area contributed by atoms with Gasteiger partial charge >= 0.3 is 5.97 Å². The second-order valence-electron chi connectivity index (χ2n) is 9.22. The molecule has 0 spiro atoms. The third kappa shape index (κ3) is 3.97. The van der Waals surface area contributed by atoms with Gasteiger partial charge in [-0.2, -0.15) is 0 Å². The molecule has 1 aliphatic carbocycles. The van der Waals surface area contributed by atoms with Crippen molar-refractivity contribution in [2.75, 3.05) is 18.0 Å². The van der Waals surface area contributed by atoms with Crippen molar-refractivity contribution < 1.29 is 14.3 Å². The highest BCUT2D eigenvalue weighted by atomic mass is 19.1. The van der Waals surface area contributed by atoms with Gasteiger partial charge in [0.2, 0.25) is 0 Å². The zero-order valence-electron chi connectivity index (χ0n) is 18.4. The van der Waals surface area contributed by atoms with Gasteiger partial charge in [-0.15, -0.1) is 0 Å². The van der Waals surface area contributed by atoms with Crippen LogP contribution in [-0.4, -0.2) is 30.2 Å². The number of halogens is 1. The Balaban J connectivity index is 1.29. The second kappa shape index (κ2) is 8.55. The summed E-state index contributed by atoms with van der Waals surface area (Å²) in [6.07, 6.45) is 3.15. The summed E-state index contributed by atoms with van der Waals surface area (Å²) in [6, 6.07) is 18.2. The number of carboxylic acid groups (broad SMARTS) is 1. The van der Waals surface area contributed by atoms with E-state index < -0.39 is 5.97 Å². The van der Waals surface area contributed by atoms with Crippen molar-refractivity contribution in [1.82, 2.24) is 5.32 Å². The van der Waals surface area contributed by atoms with E-state index in [1.807, 2.05) is 30.3 Å². The summed E-state index contributed by atoms with van der Waals surface area (Å²) in [4.78, 5) is 13.6. The molecule has 0 radical (unpaired) electrons. The first-order chi connectivity index (χ1) is 15.5. The number of benzene rings is 3. The third-order valence-electron chi connectivity index (χ3n) is 7.16. The predicted octanol–water partition coefficient (Wildman–Crippen LogP) is 5.41. The SMILES string of the molecule is C[C@H](N[C@H]1CCN(c2ccc3c(c2)[C@H](CC(=O)O)CC3)C1)c1ccc(F)c2ccccc12. The van der Waals surface area contributed by atoms with Crippen molar-refractivity contribution >= 4 is 22.4 Å². The number of hydrogen-bond acceptors (Lipinski definition) is 3. The maximum atomic E-state index is 14.2. The first kappa shape index (κ1) is 21.0. The summed E-state index contributed by atoms with van der Waals surface area (Å²) >= 11 is 0. The van der Waals surface area contributed by atoms with Crippen molar-refractivity contribution in [3.8, 4) is 0 Å². The Labute approximate surface area is 188 Å². The summed E-state index contributed by atoms with van der Waals surface area (Å²) in [6.45, 7) is 4.02. The molecule has 166 valence electrons. The van der Waals surface area contributed by atoms with Gasteiger partial charge in [-0.25, -0.2) is 4.39 Å². The van der Waals surface area contributed by atoms with Gasteiger partial charge in [-0.3, -0.25) is 4.79 Å². The lowest BCUT2D eigenvalue weighted by atomic mass is 9.97. The summed E-state index contributed by atoms with van der Waals surface area (Å²) in [7, 11) is 0. The number of anilines is 1. The van der Waals surface area contributed by atoms with E-state index >= 15 is 0 Å². The van der Waals surface area contributed by atoms with Crippen LogP contribution in [0.3, 0.4) is 0 Å². The van der Waals surface area contributed by atoms with Crippen LogP contribution in [-0.2, 0) is 11.2 Å². The van der Waals surface area contributed by atoms with Crippen molar-refractivity contribution in [2.45, 2.75) is 50.6 Å². The Hall–Kier alpha value is -2.92. The first-order valence-electron chi connectivity index (χ1n) is 11.5. The van der Waals surface area contributed by atoms with Crippen LogP contribution in [0.25, 0.3) is 10.8 Å². The highest BCUT2D eigenvalue weighted by molar-refractivity contribution is 5.86. The Morgan fingerprint density at radius 1 is 1.16 bits per heavy atom. The van der Waals surface area contributed by atoms with Crippen LogP contribution >= 0.6 is 0 Å². The minimum Gasteiger partial charge on any atom is -0.481 e. The van der Waals surface area contributed by atoms with Gasteiger partial charge in [0.15, 0.2) is 0 Å². The number of rotatable bonds is 6. The Bertz CT molecular complexity index is 1160. The van der Waals surface area contributed by atoms with Crippen LogP contribution in [0.5, 0.6) is 0 Å². The number of aryl methyl sites for hydroxylation is 1. The van der Waals surface area contributed by atoms with Crippen molar-refractivity contribution in [1.29, 1.82) is 0 Å². The van der Waals surface area contributed by atoms with Crippen LogP contribution in [0.1, 0.15) is 54.8 Å². The van der Waals surface area contributed by atoms with Crippen LogP contribution in [0.4, 0.5) is 10.1 Å². The topological polar surface area (TPSA) is 52.6 Å². The molecule has 3 aromatic rings.